The number of carbonyl (C=O) groups is 1. The van der Waals surface area contributed by atoms with Crippen LogP contribution in [0.4, 0.5) is 11.4 Å². The topological polar surface area (TPSA) is 73.6 Å². The zero-order valence-corrected chi connectivity index (χ0v) is 11.7. The van der Waals surface area contributed by atoms with Crippen LogP contribution in [-0.4, -0.2) is 32.8 Å². The van der Waals surface area contributed by atoms with Gasteiger partial charge in [0, 0.05) is 25.8 Å². The minimum atomic E-state index is -0.0722. The first-order valence-corrected chi connectivity index (χ1v) is 6.43. The van der Waals surface area contributed by atoms with Crippen LogP contribution in [-0.2, 0) is 14.3 Å². The Hall–Kier alpha value is -1.30. The van der Waals surface area contributed by atoms with Gasteiger partial charge in [0.1, 0.15) is 0 Å². The van der Waals surface area contributed by atoms with Crippen LogP contribution in [0.3, 0.4) is 0 Å². The fourth-order valence-corrected chi connectivity index (χ4v) is 1.54. The van der Waals surface area contributed by atoms with E-state index in [-0.39, 0.29) is 5.91 Å². The van der Waals surface area contributed by atoms with E-state index < -0.39 is 0 Å². The summed E-state index contributed by atoms with van der Waals surface area (Å²) in [5, 5.41) is 3.23. The molecule has 0 saturated carbocycles. The highest BCUT2D eigenvalue weighted by Crippen LogP contribution is 2.22. The maximum atomic E-state index is 11.6. The number of nitrogen functional groups attached to an aromatic ring is 1. The Morgan fingerprint density at radius 2 is 2.16 bits per heavy atom. The predicted octanol–water partition coefficient (Wildman–Crippen LogP) is 2.30. The Bertz CT molecular complexity index is 413. The van der Waals surface area contributed by atoms with Gasteiger partial charge in [0.25, 0.3) is 0 Å². The summed E-state index contributed by atoms with van der Waals surface area (Å²) in [7, 11) is 1.62. The minimum Gasteiger partial charge on any atom is -0.397 e. The molecule has 6 heteroatoms. The summed E-state index contributed by atoms with van der Waals surface area (Å²) in [5.74, 6) is -0.0722. The standard InChI is InChI=1S/C13H19ClN2O3/c1-18-7-8-19-6-2-3-13(17)16-10-4-5-11(14)12(15)9-10/h4-5,9H,2-3,6-8,15H2,1H3,(H,16,17). The number of hydrogen-bond acceptors (Lipinski definition) is 4. The van der Waals surface area contributed by atoms with Crippen LogP contribution >= 0.6 is 11.6 Å². The first-order chi connectivity index (χ1) is 9.13. The van der Waals surface area contributed by atoms with Gasteiger partial charge >= 0.3 is 0 Å². The summed E-state index contributed by atoms with van der Waals surface area (Å²) in [6.07, 6.45) is 1.06. The quantitative estimate of drug-likeness (QED) is 0.568. The summed E-state index contributed by atoms with van der Waals surface area (Å²) < 4.78 is 10.1. The van der Waals surface area contributed by atoms with E-state index in [2.05, 4.69) is 5.32 Å². The second kappa shape index (κ2) is 8.74. The molecule has 0 spiro atoms. The van der Waals surface area contributed by atoms with Crippen LogP contribution in [0.15, 0.2) is 18.2 Å². The van der Waals surface area contributed by atoms with Gasteiger partial charge in [-0.15, -0.1) is 0 Å². The second-order valence-electron chi connectivity index (χ2n) is 3.99. The van der Waals surface area contributed by atoms with Crippen molar-refractivity contribution >= 4 is 28.9 Å². The molecule has 0 aliphatic heterocycles. The predicted molar refractivity (Wildman–Crippen MR) is 76.4 cm³/mol. The lowest BCUT2D eigenvalue weighted by atomic mass is 10.2. The molecule has 1 amide bonds. The zero-order valence-electron chi connectivity index (χ0n) is 10.9. The number of nitrogens with one attached hydrogen (secondary N) is 1. The SMILES string of the molecule is COCCOCCCC(=O)Nc1ccc(Cl)c(N)c1. The van der Waals surface area contributed by atoms with Crippen molar-refractivity contribution in [3.8, 4) is 0 Å². The molecule has 0 aliphatic carbocycles. The number of anilines is 2. The molecule has 5 nitrogen and oxygen atoms in total. The van der Waals surface area contributed by atoms with Crippen molar-refractivity contribution in [3.63, 3.8) is 0 Å². The highest BCUT2D eigenvalue weighted by atomic mass is 35.5. The molecule has 3 N–H and O–H groups in total. The van der Waals surface area contributed by atoms with Crippen LogP contribution in [0.1, 0.15) is 12.8 Å². The largest absolute Gasteiger partial charge is 0.397 e. The van der Waals surface area contributed by atoms with E-state index in [1.54, 1.807) is 25.3 Å². The fraction of sp³-hybridized carbons (Fsp3) is 0.462. The fourth-order valence-electron chi connectivity index (χ4n) is 1.42. The number of amides is 1. The molecule has 0 heterocycles. The summed E-state index contributed by atoms with van der Waals surface area (Å²) >= 11 is 5.80. The molecule has 0 atom stereocenters. The third kappa shape index (κ3) is 6.42. The van der Waals surface area contributed by atoms with Crippen molar-refractivity contribution in [2.24, 2.45) is 0 Å². The maximum absolute atomic E-state index is 11.6. The van der Waals surface area contributed by atoms with Gasteiger partial charge in [-0.3, -0.25) is 4.79 Å². The first-order valence-electron chi connectivity index (χ1n) is 6.05. The van der Waals surface area contributed by atoms with Gasteiger partial charge in [-0.05, 0) is 24.6 Å². The molecular formula is C13H19ClN2O3. The van der Waals surface area contributed by atoms with Crippen LogP contribution in [0.5, 0.6) is 0 Å². The molecule has 106 valence electrons. The Balaban J connectivity index is 2.21. The summed E-state index contributed by atoms with van der Waals surface area (Å²) in [4.78, 5) is 11.6. The molecule has 0 fully saturated rings. The number of rotatable bonds is 8. The Morgan fingerprint density at radius 3 is 2.84 bits per heavy atom. The monoisotopic (exact) mass is 286 g/mol. The minimum absolute atomic E-state index is 0.0722. The molecule has 19 heavy (non-hydrogen) atoms. The molecule has 0 aliphatic rings. The molecule has 0 unspecified atom stereocenters. The van der Waals surface area contributed by atoms with Crippen molar-refractivity contribution < 1.29 is 14.3 Å². The number of carbonyl (C=O) groups excluding carboxylic acids is 1. The smallest absolute Gasteiger partial charge is 0.224 e. The lowest BCUT2D eigenvalue weighted by Gasteiger charge is -2.07. The average Bonchev–Trinajstić information content (AvgIpc) is 2.38. The van der Waals surface area contributed by atoms with E-state index in [0.717, 1.165) is 0 Å². The van der Waals surface area contributed by atoms with E-state index in [0.29, 0.717) is 49.1 Å². The van der Waals surface area contributed by atoms with E-state index in [9.17, 15) is 4.79 Å². The van der Waals surface area contributed by atoms with Crippen molar-refractivity contribution in [2.45, 2.75) is 12.8 Å². The van der Waals surface area contributed by atoms with Crippen molar-refractivity contribution in [3.05, 3.63) is 23.2 Å². The van der Waals surface area contributed by atoms with Gasteiger partial charge < -0.3 is 20.5 Å². The second-order valence-corrected chi connectivity index (χ2v) is 4.40. The van der Waals surface area contributed by atoms with Gasteiger partial charge in [-0.1, -0.05) is 11.6 Å². The van der Waals surface area contributed by atoms with Crippen LogP contribution < -0.4 is 11.1 Å². The highest BCUT2D eigenvalue weighted by molar-refractivity contribution is 6.33. The molecule has 1 aromatic rings. The van der Waals surface area contributed by atoms with Gasteiger partial charge in [-0.25, -0.2) is 0 Å². The summed E-state index contributed by atoms with van der Waals surface area (Å²) in [6, 6.07) is 5.00. The molecule has 0 radical (unpaired) electrons. The summed E-state index contributed by atoms with van der Waals surface area (Å²) in [6.45, 7) is 1.65. The first kappa shape index (κ1) is 15.8. The number of nitrogens with two attached hydrogens (primary N) is 1. The normalized spacial score (nSPS) is 10.4. The average molecular weight is 287 g/mol. The maximum Gasteiger partial charge on any atom is 0.224 e. The Kier molecular flexibility index (Phi) is 7.25. The molecule has 0 bridgehead atoms. The van der Waals surface area contributed by atoms with Gasteiger partial charge in [0.15, 0.2) is 0 Å². The third-order valence-electron chi connectivity index (χ3n) is 2.40. The van der Waals surface area contributed by atoms with Crippen LogP contribution in [0.2, 0.25) is 5.02 Å². The third-order valence-corrected chi connectivity index (χ3v) is 2.75. The van der Waals surface area contributed by atoms with Crippen LogP contribution in [0.25, 0.3) is 0 Å². The Labute approximate surface area is 118 Å². The van der Waals surface area contributed by atoms with Gasteiger partial charge in [0.2, 0.25) is 5.91 Å². The highest BCUT2D eigenvalue weighted by Gasteiger charge is 2.04. The van der Waals surface area contributed by atoms with Gasteiger partial charge in [-0.2, -0.15) is 0 Å². The molecule has 1 rings (SSSR count). The summed E-state index contributed by atoms with van der Waals surface area (Å²) in [5.41, 5.74) is 6.74. The van der Waals surface area contributed by atoms with E-state index in [4.69, 9.17) is 26.8 Å². The van der Waals surface area contributed by atoms with E-state index in [1.165, 1.54) is 0 Å². The molecular weight excluding hydrogens is 268 g/mol. The molecule has 1 aromatic carbocycles. The zero-order chi connectivity index (χ0) is 14.1. The molecule has 0 saturated heterocycles. The lowest BCUT2D eigenvalue weighted by Crippen LogP contribution is -2.13. The molecule has 0 aromatic heterocycles. The lowest BCUT2D eigenvalue weighted by molar-refractivity contribution is -0.116. The van der Waals surface area contributed by atoms with Crippen molar-refractivity contribution in [2.75, 3.05) is 38.0 Å². The van der Waals surface area contributed by atoms with Crippen molar-refractivity contribution in [1.29, 1.82) is 0 Å². The number of halogens is 1. The number of ether oxygens (including phenoxy) is 2. The van der Waals surface area contributed by atoms with Crippen LogP contribution in [0, 0.1) is 0 Å². The number of hydrogen-bond donors (Lipinski definition) is 2. The van der Waals surface area contributed by atoms with Gasteiger partial charge in [0.05, 0.1) is 23.9 Å². The number of methoxy groups -OCH3 is 1. The Morgan fingerprint density at radius 1 is 1.37 bits per heavy atom. The number of benzene rings is 1. The van der Waals surface area contributed by atoms with E-state index in [1.807, 2.05) is 0 Å². The van der Waals surface area contributed by atoms with E-state index >= 15 is 0 Å². The van der Waals surface area contributed by atoms with Crippen molar-refractivity contribution in [1.82, 2.24) is 0 Å².